The first-order valence-corrected chi connectivity index (χ1v) is 5.71. The van der Waals surface area contributed by atoms with Crippen LogP contribution in [0, 0.1) is 0 Å². The third kappa shape index (κ3) is 2.59. The molecule has 0 saturated carbocycles. The van der Waals surface area contributed by atoms with Gasteiger partial charge in [0.05, 0.1) is 0 Å². The summed E-state index contributed by atoms with van der Waals surface area (Å²) >= 11 is 6.07. The number of aromatic nitrogens is 2. The average molecular weight is 229 g/mol. The molecule has 4 heteroatoms. The number of rotatable bonds is 5. The van der Waals surface area contributed by atoms with E-state index in [2.05, 4.69) is 11.9 Å². The summed E-state index contributed by atoms with van der Waals surface area (Å²) in [7, 11) is 0. The van der Waals surface area contributed by atoms with Crippen LogP contribution in [0.2, 0.25) is 5.15 Å². The monoisotopic (exact) mass is 228 g/mol. The maximum absolute atomic E-state index is 10.7. The van der Waals surface area contributed by atoms with E-state index in [-0.39, 0.29) is 6.04 Å². The third-order valence-electron chi connectivity index (χ3n) is 2.33. The van der Waals surface area contributed by atoms with Crippen molar-refractivity contribution in [1.29, 1.82) is 0 Å². The molecule has 1 heterocycles. The summed E-state index contributed by atoms with van der Waals surface area (Å²) in [4.78, 5) is 15.0. The third-order valence-corrected chi connectivity index (χ3v) is 2.71. The molecular weight excluding hydrogens is 212 g/mol. The molecule has 84 valence electrons. The van der Waals surface area contributed by atoms with E-state index in [1.807, 2.05) is 18.4 Å². The molecule has 15 heavy (non-hydrogen) atoms. The van der Waals surface area contributed by atoms with Gasteiger partial charge in [-0.2, -0.15) is 0 Å². The molecular formula is C11H17ClN2O. The minimum atomic E-state index is 0.241. The number of aldehydes is 1. The van der Waals surface area contributed by atoms with Crippen LogP contribution in [0.5, 0.6) is 0 Å². The van der Waals surface area contributed by atoms with Crippen LogP contribution in [-0.2, 0) is 6.42 Å². The van der Waals surface area contributed by atoms with Crippen LogP contribution < -0.4 is 0 Å². The van der Waals surface area contributed by atoms with Gasteiger partial charge < -0.3 is 4.57 Å². The fraction of sp³-hybridized carbons (Fsp3) is 0.636. The van der Waals surface area contributed by atoms with Crippen molar-refractivity contribution in [3.05, 3.63) is 16.7 Å². The molecule has 0 amide bonds. The van der Waals surface area contributed by atoms with E-state index in [1.165, 1.54) is 0 Å². The average Bonchev–Trinajstić information content (AvgIpc) is 2.51. The van der Waals surface area contributed by atoms with Gasteiger partial charge in [-0.3, -0.25) is 4.79 Å². The van der Waals surface area contributed by atoms with Crippen molar-refractivity contribution in [2.24, 2.45) is 0 Å². The summed E-state index contributed by atoms with van der Waals surface area (Å²) in [6.07, 6.45) is 3.77. The van der Waals surface area contributed by atoms with Crippen LogP contribution in [-0.4, -0.2) is 15.8 Å². The highest BCUT2D eigenvalue weighted by atomic mass is 35.5. The first kappa shape index (κ1) is 12.2. The van der Waals surface area contributed by atoms with Crippen molar-refractivity contribution in [2.75, 3.05) is 0 Å². The number of carbonyl (C=O) groups is 1. The van der Waals surface area contributed by atoms with Crippen LogP contribution in [0.25, 0.3) is 0 Å². The van der Waals surface area contributed by atoms with Crippen molar-refractivity contribution in [1.82, 2.24) is 9.55 Å². The summed E-state index contributed by atoms with van der Waals surface area (Å²) < 4.78 is 1.93. The van der Waals surface area contributed by atoms with E-state index in [0.717, 1.165) is 31.4 Å². The fourth-order valence-corrected chi connectivity index (χ4v) is 1.97. The zero-order valence-electron chi connectivity index (χ0n) is 9.46. The van der Waals surface area contributed by atoms with Crippen LogP contribution >= 0.6 is 11.6 Å². The Morgan fingerprint density at radius 3 is 2.67 bits per heavy atom. The second-order valence-electron chi connectivity index (χ2n) is 3.89. The maximum Gasteiger partial charge on any atom is 0.171 e. The van der Waals surface area contributed by atoms with Crippen LogP contribution in [0.3, 0.4) is 0 Å². The molecule has 0 atom stereocenters. The van der Waals surface area contributed by atoms with Crippen molar-refractivity contribution in [3.8, 4) is 0 Å². The molecule has 0 aliphatic rings. The molecule has 0 fully saturated rings. The van der Waals surface area contributed by atoms with Gasteiger partial charge in [0.2, 0.25) is 0 Å². The highest BCUT2D eigenvalue weighted by Gasteiger charge is 2.16. The SMILES string of the molecule is CCCCc1nc(C=O)c(Cl)n1C(C)C. The van der Waals surface area contributed by atoms with E-state index in [9.17, 15) is 4.79 Å². The number of imidazole rings is 1. The normalized spacial score (nSPS) is 11.0. The Morgan fingerprint density at radius 1 is 1.53 bits per heavy atom. The van der Waals surface area contributed by atoms with E-state index >= 15 is 0 Å². The van der Waals surface area contributed by atoms with E-state index in [0.29, 0.717) is 10.8 Å². The highest BCUT2D eigenvalue weighted by molar-refractivity contribution is 6.31. The number of hydrogen-bond acceptors (Lipinski definition) is 2. The Hall–Kier alpha value is -0.830. The lowest BCUT2D eigenvalue weighted by atomic mass is 10.2. The summed E-state index contributed by atoms with van der Waals surface area (Å²) in [6, 6.07) is 0.241. The molecule has 0 radical (unpaired) electrons. The second kappa shape index (κ2) is 5.31. The van der Waals surface area contributed by atoms with Gasteiger partial charge in [-0.05, 0) is 20.3 Å². The molecule has 1 rings (SSSR count). The Morgan fingerprint density at radius 2 is 2.20 bits per heavy atom. The molecule has 0 aliphatic heterocycles. The number of hydrogen-bond donors (Lipinski definition) is 0. The van der Waals surface area contributed by atoms with Gasteiger partial charge in [-0.1, -0.05) is 24.9 Å². The number of carbonyl (C=O) groups excluding carboxylic acids is 1. The topological polar surface area (TPSA) is 34.9 Å². The lowest BCUT2D eigenvalue weighted by molar-refractivity contribution is 0.111. The van der Waals surface area contributed by atoms with Gasteiger partial charge in [-0.15, -0.1) is 0 Å². The number of aryl methyl sites for hydroxylation is 1. The quantitative estimate of drug-likeness (QED) is 0.725. The van der Waals surface area contributed by atoms with Gasteiger partial charge in [0.25, 0.3) is 0 Å². The van der Waals surface area contributed by atoms with E-state index in [1.54, 1.807) is 0 Å². The molecule has 1 aromatic heterocycles. The van der Waals surface area contributed by atoms with Gasteiger partial charge >= 0.3 is 0 Å². The van der Waals surface area contributed by atoms with Crippen LogP contribution in [0.1, 0.15) is 56.0 Å². The molecule has 0 N–H and O–H groups in total. The molecule has 1 aromatic rings. The molecule has 0 bridgehead atoms. The standard InChI is InChI=1S/C11H17ClN2O/c1-4-5-6-10-13-9(7-15)11(12)14(10)8(2)3/h7-8H,4-6H2,1-3H3. The number of halogens is 1. The first-order valence-electron chi connectivity index (χ1n) is 5.33. The Labute approximate surface area is 95.5 Å². The van der Waals surface area contributed by atoms with Crippen molar-refractivity contribution in [2.45, 2.75) is 46.1 Å². The Bertz CT molecular complexity index is 345. The fourth-order valence-electron chi connectivity index (χ4n) is 1.59. The Kier molecular flexibility index (Phi) is 4.33. The van der Waals surface area contributed by atoms with Gasteiger partial charge in [-0.25, -0.2) is 4.98 Å². The summed E-state index contributed by atoms with van der Waals surface area (Å²) in [6.45, 7) is 6.21. The smallest absolute Gasteiger partial charge is 0.171 e. The maximum atomic E-state index is 10.7. The minimum Gasteiger partial charge on any atom is -0.316 e. The first-order chi connectivity index (χ1) is 7.11. The zero-order valence-corrected chi connectivity index (χ0v) is 10.2. The van der Waals surface area contributed by atoms with Crippen molar-refractivity contribution >= 4 is 17.9 Å². The van der Waals surface area contributed by atoms with Crippen LogP contribution in [0.15, 0.2) is 0 Å². The van der Waals surface area contributed by atoms with Crippen LogP contribution in [0.4, 0.5) is 0 Å². The minimum absolute atomic E-state index is 0.241. The highest BCUT2D eigenvalue weighted by Crippen LogP contribution is 2.22. The molecule has 0 saturated heterocycles. The van der Waals surface area contributed by atoms with Crippen molar-refractivity contribution in [3.63, 3.8) is 0 Å². The predicted molar refractivity (Wildman–Crippen MR) is 61.6 cm³/mol. The molecule has 3 nitrogen and oxygen atoms in total. The largest absolute Gasteiger partial charge is 0.316 e. The second-order valence-corrected chi connectivity index (χ2v) is 4.25. The summed E-state index contributed by atoms with van der Waals surface area (Å²) in [5.74, 6) is 0.916. The molecule has 0 unspecified atom stereocenters. The lowest BCUT2D eigenvalue weighted by Gasteiger charge is -2.12. The van der Waals surface area contributed by atoms with E-state index in [4.69, 9.17) is 11.6 Å². The summed E-state index contributed by atoms with van der Waals surface area (Å²) in [5.41, 5.74) is 0.358. The zero-order chi connectivity index (χ0) is 11.4. The molecule has 0 aliphatic carbocycles. The predicted octanol–water partition coefficient (Wildman–Crippen LogP) is 3.27. The van der Waals surface area contributed by atoms with Gasteiger partial charge in [0.15, 0.2) is 6.29 Å². The van der Waals surface area contributed by atoms with Crippen molar-refractivity contribution < 1.29 is 4.79 Å². The number of unbranched alkanes of at least 4 members (excludes halogenated alkanes) is 1. The lowest BCUT2D eigenvalue weighted by Crippen LogP contribution is -2.06. The van der Waals surface area contributed by atoms with E-state index < -0.39 is 0 Å². The molecule has 0 aromatic carbocycles. The van der Waals surface area contributed by atoms with Gasteiger partial charge in [0, 0.05) is 12.5 Å². The van der Waals surface area contributed by atoms with Gasteiger partial charge in [0.1, 0.15) is 16.7 Å². The molecule has 0 spiro atoms. The number of nitrogens with zero attached hydrogens (tertiary/aromatic N) is 2. The Balaban J connectivity index is 3.07. The summed E-state index contributed by atoms with van der Waals surface area (Å²) in [5, 5.41) is 0.464.